The highest BCUT2D eigenvalue weighted by Crippen LogP contribution is 2.21. The minimum absolute atomic E-state index is 0.0368. The van der Waals surface area contributed by atoms with Gasteiger partial charge in [-0.25, -0.2) is 0 Å². The molecule has 0 saturated carbocycles. The molecule has 0 spiro atoms. The van der Waals surface area contributed by atoms with Crippen molar-refractivity contribution in [2.45, 2.75) is 31.7 Å². The summed E-state index contributed by atoms with van der Waals surface area (Å²) in [4.78, 5) is 25.2. The first-order chi connectivity index (χ1) is 8.56. The molecule has 1 fully saturated rings. The molecule has 0 bridgehead atoms. The Kier molecular flexibility index (Phi) is 6.00. The number of hydrogen-bond donors (Lipinski definition) is 3. The van der Waals surface area contributed by atoms with E-state index in [1.807, 2.05) is 0 Å². The van der Waals surface area contributed by atoms with Crippen molar-refractivity contribution in [1.29, 1.82) is 0 Å². The summed E-state index contributed by atoms with van der Waals surface area (Å²) in [5, 5.41) is 11.2. The van der Waals surface area contributed by atoms with E-state index in [4.69, 9.17) is 10.8 Å². The average Bonchev–Trinajstić information content (AvgIpc) is 2.80. The number of nitrogens with one attached hydrogen (secondary N) is 1. The molecule has 1 saturated heterocycles. The van der Waals surface area contributed by atoms with Crippen LogP contribution in [0.2, 0.25) is 0 Å². The molecule has 18 heavy (non-hydrogen) atoms. The van der Waals surface area contributed by atoms with Crippen LogP contribution in [0.3, 0.4) is 0 Å². The van der Waals surface area contributed by atoms with Crippen LogP contribution in [0.25, 0.3) is 0 Å². The number of nitrogens with two attached hydrogens (primary N) is 1. The second kappa shape index (κ2) is 7.27. The number of amides is 2. The SMILES string of the molecule is NC(=S)CNC(=O)C(=O)N1CCCC1CCCO. The van der Waals surface area contributed by atoms with Crippen LogP contribution in [-0.4, -0.2) is 52.5 Å². The molecule has 0 radical (unpaired) electrons. The highest BCUT2D eigenvalue weighted by Gasteiger charge is 2.31. The second-order valence-electron chi connectivity index (χ2n) is 4.31. The van der Waals surface area contributed by atoms with Gasteiger partial charge in [-0.1, -0.05) is 12.2 Å². The Bertz CT molecular complexity index is 335. The molecule has 7 heteroatoms. The molecule has 1 heterocycles. The summed E-state index contributed by atoms with van der Waals surface area (Å²) in [6.07, 6.45) is 3.15. The molecule has 102 valence electrons. The summed E-state index contributed by atoms with van der Waals surface area (Å²) in [7, 11) is 0. The molecule has 1 rings (SSSR count). The molecule has 0 aromatic rings. The molecular formula is C11H19N3O3S. The number of aliphatic hydroxyl groups excluding tert-OH is 1. The van der Waals surface area contributed by atoms with Gasteiger partial charge in [-0.3, -0.25) is 9.59 Å². The molecule has 0 aromatic carbocycles. The molecule has 1 aliphatic rings. The molecule has 1 unspecified atom stereocenters. The fourth-order valence-corrected chi connectivity index (χ4v) is 2.18. The van der Waals surface area contributed by atoms with Gasteiger partial charge in [0.1, 0.15) is 0 Å². The first-order valence-corrected chi connectivity index (χ1v) is 6.45. The standard InChI is InChI=1S/C11H19N3O3S/c12-9(18)7-13-10(16)11(17)14-5-1-3-8(14)4-2-6-15/h8,15H,1-7H2,(H2,12,18)(H,13,16). The maximum Gasteiger partial charge on any atom is 0.312 e. The van der Waals surface area contributed by atoms with Gasteiger partial charge in [0.15, 0.2) is 0 Å². The van der Waals surface area contributed by atoms with Gasteiger partial charge in [0.25, 0.3) is 0 Å². The van der Waals surface area contributed by atoms with Crippen molar-refractivity contribution in [3.63, 3.8) is 0 Å². The number of likely N-dealkylation sites (tertiary alicyclic amines) is 1. The summed E-state index contributed by atoms with van der Waals surface area (Å²) < 4.78 is 0. The van der Waals surface area contributed by atoms with Crippen LogP contribution in [0, 0.1) is 0 Å². The average molecular weight is 273 g/mol. The third-order valence-corrected chi connectivity index (χ3v) is 3.10. The highest BCUT2D eigenvalue weighted by molar-refractivity contribution is 7.80. The van der Waals surface area contributed by atoms with E-state index in [-0.39, 0.29) is 24.2 Å². The molecule has 1 aliphatic heterocycles. The van der Waals surface area contributed by atoms with Crippen LogP contribution in [0.15, 0.2) is 0 Å². The van der Waals surface area contributed by atoms with Crippen molar-refractivity contribution in [3.05, 3.63) is 0 Å². The van der Waals surface area contributed by atoms with Gasteiger partial charge in [-0.05, 0) is 25.7 Å². The van der Waals surface area contributed by atoms with Gasteiger partial charge in [-0.2, -0.15) is 0 Å². The third kappa shape index (κ3) is 4.23. The zero-order valence-electron chi connectivity index (χ0n) is 10.2. The van der Waals surface area contributed by atoms with Crippen LogP contribution in [0.4, 0.5) is 0 Å². The Morgan fingerprint density at radius 2 is 2.22 bits per heavy atom. The van der Waals surface area contributed by atoms with E-state index in [0.29, 0.717) is 13.0 Å². The summed E-state index contributed by atoms with van der Waals surface area (Å²) >= 11 is 4.63. The number of thiocarbonyl (C=S) groups is 1. The van der Waals surface area contributed by atoms with E-state index in [1.54, 1.807) is 4.90 Å². The van der Waals surface area contributed by atoms with Gasteiger partial charge >= 0.3 is 11.8 Å². The van der Waals surface area contributed by atoms with Gasteiger partial charge in [0.2, 0.25) is 0 Å². The Hall–Kier alpha value is -1.21. The summed E-state index contributed by atoms with van der Waals surface area (Å²) in [6, 6.07) is 0.0558. The van der Waals surface area contributed by atoms with Gasteiger partial charge in [-0.15, -0.1) is 0 Å². The van der Waals surface area contributed by atoms with E-state index < -0.39 is 11.8 Å². The quantitative estimate of drug-likeness (QED) is 0.448. The van der Waals surface area contributed by atoms with Crippen molar-refractivity contribution in [3.8, 4) is 0 Å². The smallest absolute Gasteiger partial charge is 0.312 e. The lowest BCUT2D eigenvalue weighted by Crippen LogP contribution is -2.46. The highest BCUT2D eigenvalue weighted by atomic mass is 32.1. The minimum atomic E-state index is -0.668. The van der Waals surface area contributed by atoms with Gasteiger partial charge in [0.05, 0.1) is 11.5 Å². The molecule has 0 aliphatic carbocycles. The number of aliphatic hydroxyl groups is 1. The molecular weight excluding hydrogens is 254 g/mol. The van der Waals surface area contributed by atoms with Crippen molar-refractivity contribution in [1.82, 2.24) is 10.2 Å². The second-order valence-corrected chi connectivity index (χ2v) is 4.83. The summed E-state index contributed by atoms with van der Waals surface area (Å²) in [5.41, 5.74) is 5.25. The lowest BCUT2D eigenvalue weighted by atomic mass is 10.1. The minimum Gasteiger partial charge on any atom is -0.396 e. The van der Waals surface area contributed by atoms with Crippen LogP contribution in [0.5, 0.6) is 0 Å². The molecule has 6 nitrogen and oxygen atoms in total. The van der Waals surface area contributed by atoms with Crippen LogP contribution in [-0.2, 0) is 9.59 Å². The van der Waals surface area contributed by atoms with Crippen LogP contribution < -0.4 is 11.1 Å². The largest absolute Gasteiger partial charge is 0.396 e. The van der Waals surface area contributed by atoms with Crippen molar-refractivity contribution in [2.24, 2.45) is 5.73 Å². The molecule has 1 atom stereocenters. The molecule has 0 aromatic heterocycles. The van der Waals surface area contributed by atoms with E-state index >= 15 is 0 Å². The fraction of sp³-hybridized carbons (Fsp3) is 0.727. The van der Waals surface area contributed by atoms with Gasteiger partial charge in [0, 0.05) is 19.2 Å². The van der Waals surface area contributed by atoms with Gasteiger partial charge < -0.3 is 21.1 Å². The fourth-order valence-electron chi connectivity index (χ4n) is 2.10. The zero-order chi connectivity index (χ0) is 13.5. The number of rotatable bonds is 5. The van der Waals surface area contributed by atoms with Crippen molar-refractivity contribution >= 4 is 29.0 Å². The van der Waals surface area contributed by atoms with Crippen LogP contribution in [0.1, 0.15) is 25.7 Å². The number of hydrogen-bond acceptors (Lipinski definition) is 4. The lowest BCUT2D eigenvalue weighted by Gasteiger charge is -2.23. The Labute approximate surface area is 112 Å². The van der Waals surface area contributed by atoms with Crippen molar-refractivity contribution in [2.75, 3.05) is 19.7 Å². The summed E-state index contributed by atoms with van der Waals surface area (Å²) in [6.45, 7) is 0.733. The third-order valence-electron chi connectivity index (χ3n) is 2.95. The number of nitrogens with zero attached hydrogens (tertiary/aromatic N) is 1. The maximum absolute atomic E-state index is 11.9. The van der Waals surface area contributed by atoms with E-state index in [2.05, 4.69) is 17.5 Å². The Morgan fingerprint density at radius 1 is 1.50 bits per heavy atom. The predicted octanol–water partition coefficient (Wildman–Crippen LogP) is -0.848. The van der Waals surface area contributed by atoms with Crippen LogP contribution >= 0.6 is 12.2 Å². The number of carbonyl (C=O) groups is 2. The zero-order valence-corrected chi connectivity index (χ0v) is 11.0. The van der Waals surface area contributed by atoms with E-state index in [0.717, 1.165) is 19.3 Å². The Balaban J connectivity index is 2.48. The normalized spacial score (nSPS) is 18.7. The maximum atomic E-state index is 11.9. The summed E-state index contributed by atoms with van der Waals surface area (Å²) in [5.74, 6) is -1.20. The molecule has 4 N–H and O–H groups in total. The van der Waals surface area contributed by atoms with Crippen molar-refractivity contribution < 1.29 is 14.7 Å². The first-order valence-electron chi connectivity index (χ1n) is 6.04. The molecule has 2 amide bonds. The number of carbonyl (C=O) groups excluding carboxylic acids is 2. The topological polar surface area (TPSA) is 95.7 Å². The van der Waals surface area contributed by atoms with E-state index in [9.17, 15) is 9.59 Å². The first kappa shape index (κ1) is 14.8. The lowest BCUT2D eigenvalue weighted by molar-refractivity contribution is -0.146. The Morgan fingerprint density at radius 3 is 2.83 bits per heavy atom. The monoisotopic (exact) mass is 273 g/mol. The predicted molar refractivity (Wildman–Crippen MR) is 70.8 cm³/mol. The van der Waals surface area contributed by atoms with E-state index in [1.165, 1.54) is 0 Å².